The molecule has 0 saturated carbocycles. The fourth-order valence-corrected chi connectivity index (χ4v) is 1.36. The molecule has 0 bridgehead atoms. The molecule has 0 N–H and O–H groups in total. The second kappa shape index (κ2) is 6.69. The van der Waals surface area contributed by atoms with E-state index in [2.05, 4.69) is 34.1 Å². The lowest BCUT2D eigenvalue weighted by molar-refractivity contribution is 0.409. The van der Waals surface area contributed by atoms with Gasteiger partial charge in [-0.1, -0.05) is 53.4 Å². The minimum absolute atomic E-state index is 0.815. The van der Waals surface area contributed by atoms with E-state index in [1.54, 1.807) is 0 Å². The smallest absolute Gasteiger partial charge is 0.0389 e. The van der Waals surface area contributed by atoms with E-state index in [0.29, 0.717) is 0 Å². The third kappa shape index (κ3) is 5.29. The van der Waals surface area contributed by atoms with E-state index < -0.39 is 0 Å². The molecule has 0 aliphatic rings. The highest BCUT2D eigenvalue weighted by molar-refractivity contribution is 4.68. The molecule has 0 aromatic heterocycles. The quantitative estimate of drug-likeness (QED) is 0.542. The van der Waals surface area contributed by atoms with Crippen LogP contribution in [0.3, 0.4) is 0 Å². The summed E-state index contributed by atoms with van der Waals surface area (Å²) in [5.41, 5.74) is 0. The lowest BCUT2D eigenvalue weighted by atomic mass is 9.92. The van der Waals surface area contributed by atoms with Gasteiger partial charge in [-0.05, 0) is 18.3 Å². The van der Waals surface area contributed by atoms with Crippen molar-refractivity contribution < 1.29 is 0 Å². The van der Waals surface area contributed by atoms with Crippen molar-refractivity contribution in [2.45, 2.75) is 53.4 Å². The SMILES string of the molecule is C[CH]C(C)CCC(CC)CC. The average Bonchev–Trinajstić information content (AvgIpc) is 2.06. The lowest BCUT2D eigenvalue weighted by Crippen LogP contribution is -2.01. The first-order chi connectivity index (χ1) is 5.24. The Labute approximate surface area is 72.4 Å². The summed E-state index contributed by atoms with van der Waals surface area (Å²) in [6, 6.07) is 0. The van der Waals surface area contributed by atoms with Gasteiger partial charge in [0, 0.05) is 0 Å². The predicted molar refractivity (Wildman–Crippen MR) is 52.4 cm³/mol. The third-order valence-electron chi connectivity index (χ3n) is 2.75. The molecule has 0 rings (SSSR count). The lowest BCUT2D eigenvalue weighted by Gasteiger charge is -2.14. The Morgan fingerprint density at radius 1 is 1.09 bits per heavy atom. The molecule has 67 valence electrons. The van der Waals surface area contributed by atoms with Gasteiger partial charge >= 0.3 is 0 Å². The summed E-state index contributed by atoms with van der Waals surface area (Å²) in [7, 11) is 0. The summed E-state index contributed by atoms with van der Waals surface area (Å²) < 4.78 is 0. The predicted octanol–water partition coefficient (Wildman–Crippen LogP) is 4.06. The van der Waals surface area contributed by atoms with E-state index in [-0.39, 0.29) is 0 Å². The zero-order chi connectivity index (χ0) is 8.69. The van der Waals surface area contributed by atoms with Crippen molar-refractivity contribution in [3.8, 4) is 0 Å². The van der Waals surface area contributed by atoms with Crippen LogP contribution in [0.1, 0.15) is 53.4 Å². The second-order valence-electron chi connectivity index (χ2n) is 3.57. The summed E-state index contributed by atoms with van der Waals surface area (Å²) in [6.45, 7) is 9.07. The van der Waals surface area contributed by atoms with E-state index in [0.717, 1.165) is 11.8 Å². The van der Waals surface area contributed by atoms with E-state index in [9.17, 15) is 0 Å². The first-order valence-electron chi connectivity index (χ1n) is 5.04. The molecule has 0 aromatic rings. The largest absolute Gasteiger partial charge is 0.0651 e. The minimum atomic E-state index is 0.815. The van der Waals surface area contributed by atoms with Gasteiger partial charge in [-0.2, -0.15) is 0 Å². The Hall–Kier alpha value is 0. The molecule has 0 heteroatoms. The van der Waals surface area contributed by atoms with Crippen LogP contribution in [0.25, 0.3) is 0 Å². The molecule has 1 atom stereocenters. The van der Waals surface area contributed by atoms with Crippen LogP contribution in [0.2, 0.25) is 0 Å². The summed E-state index contributed by atoms with van der Waals surface area (Å²) in [5.74, 6) is 1.79. The Morgan fingerprint density at radius 2 is 1.64 bits per heavy atom. The Kier molecular flexibility index (Phi) is 6.69. The molecule has 0 fully saturated rings. The van der Waals surface area contributed by atoms with Crippen LogP contribution in [-0.2, 0) is 0 Å². The first-order valence-corrected chi connectivity index (χ1v) is 5.04. The number of hydrogen-bond acceptors (Lipinski definition) is 0. The van der Waals surface area contributed by atoms with Crippen LogP contribution in [-0.4, -0.2) is 0 Å². The third-order valence-corrected chi connectivity index (χ3v) is 2.75. The molecule has 0 heterocycles. The van der Waals surface area contributed by atoms with Crippen LogP contribution in [0.15, 0.2) is 0 Å². The molecule has 0 saturated heterocycles. The standard InChI is InChI=1S/C11H23/c1-5-10(4)8-9-11(6-2)7-3/h5,10-11H,6-9H2,1-4H3. The number of rotatable bonds is 6. The Morgan fingerprint density at radius 3 is 2.00 bits per heavy atom. The van der Waals surface area contributed by atoms with Crippen LogP contribution in [0.4, 0.5) is 0 Å². The maximum absolute atomic E-state index is 2.31. The van der Waals surface area contributed by atoms with Crippen LogP contribution in [0.5, 0.6) is 0 Å². The van der Waals surface area contributed by atoms with Gasteiger partial charge in [-0.15, -0.1) is 0 Å². The van der Waals surface area contributed by atoms with Crippen molar-refractivity contribution in [2.75, 3.05) is 0 Å². The van der Waals surface area contributed by atoms with Gasteiger partial charge in [-0.3, -0.25) is 0 Å². The van der Waals surface area contributed by atoms with Gasteiger partial charge in [0.05, 0.1) is 0 Å². The van der Waals surface area contributed by atoms with Gasteiger partial charge < -0.3 is 0 Å². The first kappa shape index (κ1) is 11.0. The molecule has 0 nitrogen and oxygen atoms in total. The van der Waals surface area contributed by atoms with E-state index in [1.165, 1.54) is 25.7 Å². The molecule has 0 aromatic carbocycles. The number of hydrogen-bond donors (Lipinski definition) is 0. The molecule has 11 heavy (non-hydrogen) atoms. The van der Waals surface area contributed by atoms with Crippen molar-refractivity contribution in [1.82, 2.24) is 0 Å². The summed E-state index contributed by atoms with van der Waals surface area (Å²) in [6.07, 6.45) is 7.81. The van der Waals surface area contributed by atoms with Gasteiger partial charge in [0.15, 0.2) is 0 Å². The fourth-order valence-electron chi connectivity index (χ4n) is 1.36. The molecule has 0 spiro atoms. The fraction of sp³-hybridized carbons (Fsp3) is 0.909. The molecule has 0 aliphatic carbocycles. The van der Waals surface area contributed by atoms with Crippen LogP contribution >= 0.6 is 0 Å². The van der Waals surface area contributed by atoms with E-state index >= 15 is 0 Å². The molecule has 0 amide bonds. The van der Waals surface area contributed by atoms with Gasteiger partial charge in [0.25, 0.3) is 0 Å². The maximum Gasteiger partial charge on any atom is -0.0389 e. The average molecular weight is 155 g/mol. The van der Waals surface area contributed by atoms with Crippen LogP contribution < -0.4 is 0 Å². The highest BCUT2D eigenvalue weighted by atomic mass is 14.1. The van der Waals surface area contributed by atoms with E-state index in [1.807, 2.05) is 0 Å². The second-order valence-corrected chi connectivity index (χ2v) is 3.57. The van der Waals surface area contributed by atoms with Crippen molar-refractivity contribution in [3.05, 3.63) is 6.42 Å². The van der Waals surface area contributed by atoms with Crippen LogP contribution in [0, 0.1) is 18.3 Å². The zero-order valence-electron chi connectivity index (χ0n) is 8.56. The van der Waals surface area contributed by atoms with Gasteiger partial charge in [-0.25, -0.2) is 0 Å². The van der Waals surface area contributed by atoms with Crippen molar-refractivity contribution in [1.29, 1.82) is 0 Å². The Bertz CT molecular complexity index is 72.1. The monoisotopic (exact) mass is 155 g/mol. The summed E-state index contributed by atoms with van der Waals surface area (Å²) in [4.78, 5) is 0. The van der Waals surface area contributed by atoms with Gasteiger partial charge in [0.1, 0.15) is 0 Å². The zero-order valence-corrected chi connectivity index (χ0v) is 8.56. The summed E-state index contributed by atoms with van der Waals surface area (Å²) >= 11 is 0. The normalized spacial score (nSPS) is 13.9. The van der Waals surface area contributed by atoms with Crippen molar-refractivity contribution >= 4 is 0 Å². The van der Waals surface area contributed by atoms with E-state index in [4.69, 9.17) is 0 Å². The summed E-state index contributed by atoms with van der Waals surface area (Å²) in [5, 5.41) is 0. The highest BCUT2D eigenvalue weighted by Gasteiger charge is 2.05. The molecular weight excluding hydrogens is 132 g/mol. The molecular formula is C11H23. The van der Waals surface area contributed by atoms with Crippen molar-refractivity contribution in [2.24, 2.45) is 11.8 Å². The topological polar surface area (TPSA) is 0 Å². The minimum Gasteiger partial charge on any atom is -0.0651 e. The van der Waals surface area contributed by atoms with Gasteiger partial charge in [0.2, 0.25) is 0 Å². The maximum atomic E-state index is 2.31. The highest BCUT2D eigenvalue weighted by Crippen LogP contribution is 2.19. The Balaban J connectivity index is 3.34. The molecule has 0 aliphatic heterocycles. The van der Waals surface area contributed by atoms with Crippen molar-refractivity contribution in [3.63, 3.8) is 0 Å². The molecule has 1 radical (unpaired) electrons. The molecule has 1 unspecified atom stereocenters.